The summed E-state index contributed by atoms with van der Waals surface area (Å²) in [6, 6.07) is 8.11. The van der Waals surface area contributed by atoms with E-state index in [0.29, 0.717) is 32.3 Å². The fourth-order valence-electron chi connectivity index (χ4n) is 3.08. The van der Waals surface area contributed by atoms with Crippen LogP contribution in [0.25, 0.3) is 0 Å². The van der Waals surface area contributed by atoms with Crippen LogP contribution in [0, 0.1) is 0 Å². The maximum absolute atomic E-state index is 12.6. The topological polar surface area (TPSA) is 75.2 Å². The number of aliphatic imine (C=N–C) groups is 1. The maximum Gasteiger partial charge on any atom is 0.246 e. The van der Waals surface area contributed by atoms with Crippen molar-refractivity contribution in [3.8, 4) is 0 Å². The average molecular weight is 518 g/mol. The fourth-order valence-corrected chi connectivity index (χ4v) is 3.08. The number of nitrogens with one attached hydrogen (secondary N) is 2. The third-order valence-corrected chi connectivity index (χ3v) is 4.60. The van der Waals surface area contributed by atoms with Gasteiger partial charge in [-0.15, -0.1) is 24.0 Å². The van der Waals surface area contributed by atoms with Crippen molar-refractivity contribution in [3.05, 3.63) is 29.8 Å². The van der Waals surface area contributed by atoms with E-state index in [1.165, 1.54) is 5.56 Å². The number of guanidine groups is 1. The number of rotatable bonds is 11. The standard InChI is InChI=1S/C21H34N4O3.HI/c1-3-4-13-27-15-16-28-14-11-23-21(22-2)24-17-20(26)25-12-7-9-18-8-5-6-10-19(18)25;/h5-6,8,10H,3-4,7,9,11-17H2,1-2H3,(H2,22,23,24);1H. The summed E-state index contributed by atoms with van der Waals surface area (Å²) < 4.78 is 11.0. The first-order valence-electron chi connectivity index (χ1n) is 10.2. The molecule has 0 saturated heterocycles. The Labute approximate surface area is 191 Å². The van der Waals surface area contributed by atoms with Crippen molar-refractivity contribution in [2.45, 2.75) is 32.6 Å². The Morgan fingerprint density at radius 2 is 1.90 bits per heavy atom. The van der Waals surface area contributed by atoms with Crippen LogP contribution in [-0.2, 0) is 20.7 Å². The second-order valence-corrected chi connectivity index (χ2v) is 6.71. The van der Waals surface area contributed by atoms with Gasteiger partial charge in [-0.1, -0.05) is 31.5 Å². The molecule has 8 heteroatoms. The van der Waals surface area contributed by atoms with E-state index in [-0.39, 0.29) is 36.4 Å². The van der Waals surface area contributed by atoms with Gasteiger partial charge in [0.25, 0.3) is 0 Å². The number of nitrogens with zero attached hydrogens (tertiary/aromatic N) is 2. The zero-order chi connectivity index (χ0) is 20.0. The van der Waals surface area contributed by atoms with Crippen LogP contribution in [0.1, 0.15) is 31.7 Å². The van der Waals surface area contributed by atoms with E-state index in [1.54, 1.807) is 7.05 Å². The molecule has 164 valence electrons. The normalized spacial score (nSPS) is 13.4. The number of aryl methyl sites for hydroxylation is 1. The van der Waals surface area contributed by atoms with Crippen molar-refractivity contribution in [1.29, 1.82) is 0 Å². The van der Waals surface area contributed by atoms with Crippen LogP contribution in [0.2, 0.25) is 0 Å². The zero-order valence-electron chi connectivity index (χ0n) is 17.6. The van der Waals surface area contributed by atoms with Crippen molar-refractivity contribution in [2.24, 2.45) is 4.99 Å². The lowest BCUT2D eigenvalue weighted by atomic mass is 10.0. The van der Waals surface area contributed by atoms with Crippen LogP contribution in [0.15, 0.2) is 29.3 Å². The van der Waals surface area contributed by atoms with E-state index in [9.17, 15) is 4.79 Å². The van der Waals surface area contributed by atoms with E-state index < -0.39 is 0 Å². The monoisotopic (exact) mass is 518 g/mol. The number of anilines is 1. The molecule has 1 heterocycles. The predicted molar refractivity (Wildman–Crippen MR) is 128 cm³/mol. The highest BCUT2D eigenvalue weighted by Gasteiger charge is 2.21. The van der Waals surface area contributed by atoms with Gasteiger partial charge < -0.3 is 25.0 Å². The number of fused-ring (bicyclic) bond motifs is 1. The summed E-state index contributed by atoms with van der Waals surface area (Å²) in [6.45, 7) is 6.30. The molecule has 0 radical (unpaired) electrons. The minimum absolute atomic E-state index is 0. The first-order chi connectivity index (χ1) is 13.8. The van der Waals surface area contributed by atoms with E-state index >= 15 is 0 Å². The molecule has 0 spiro atoms. The van der Waals surface area contributed by atoms with Crippen molar-refractivity contribution in [1.82, 2.24) is 10.6 Å². The van der Waals surface area contributed by atoms with Crippen molar-refractivity contribution >= 4 is 41.5 Å². The number of ether oxygens (including phenoxy) is 2. The molecule has 1 amide bonds. The van der Waals surface area contributed by atoms with Gasteiger partial charge in [0.1, 0.15) is 0 Å². The summed E-state index contributed by atoms with van der Waals surface area (Å²) in [5.74, 6) is 0.650. The average Bonchev–Trinajstić information content (AvgIpc) is 2.74. The van der Waals surface area contributed by atoms with Crippen molar-refractivity contribution in [3.63, 3.8) is 0 Å². The number of benzene rings is 1. The number of amides is 1. The van der Waals surface area contributed by atoms with Crippen LogP contribution < -0.4 is 15.5 Å². The molecule has 29 heavy (non-hydrogen) atoms. The van der Waals surface area contributed by atoms with Crippen molar-refractivity contribution < 1.29 is 14.3 Å². The van der Waals surface area contributed by atoms with Gasteiger partial charge in [-0.3, -0.25) is 9.79 Å². The lowest BCUT2D eigenvalue weighted by Crippen LogP contribution is -2.46. The Kier molecular flexibility index (Phi) is 13.7. The third-order valence-electron chi connectivity index (χ3n) is 4.60. The van der Waals surface area contributed by atoms with E-state index in [2.05, 4.69) is 28.6 Å². The van der Waals surface area contributed by atoms with Crippen LogP contribution >= 0.6 is 24.0 Å². The summed E-state index contributed by atoms with van der Waals surface area (Å²) in [7, 11) is 1.69. The van der Waals surface area contributed by atoms with E-state index in [0.717, 1.165) is 44.5 Å². The van der Waals surface area contributed by atoms with Gasteiger partial charge in [0.15, 0.2) is 5.96 Å². The van der Waals surface area contributed by atoms with Gasteiger partial charge >= 0.3 is 0 Å². The molecule has 1 aromatic carbocycles. The first kappa shape index (κ1) is 25.6. The summed E-state index contributed by atoms with van der Waals surface area (Å²) in [6.07, 6.45) is 4.25. The summed E-state index contributed by atoms with van der Waals surface area (Å²) >= 11 is 0. The predicted octanol–water partition coefficient (Wildman–Crippen LogP) is 2.58. The Morgan fingerprint density at radius 3 is 2.66 bits per heavy atom. The second-order valence-electron chi connectivity index (χ2n) is 6.71. The Balaban J connectivity index is 0.00000420. The molecule has 1 aromatic rings. The van der Waals surface area contributed by atoms with Gasteiger partial charge in [-0.25, -0.2) is 0 Å². The molecule has 1 aliphatic rings. The molecule has 0 saturated carbocycles. The molecular weight excluding hydrogens is 483 g/mol. The number of halogens is 1. The zero-order valence-corrected chi connectivity index (χ0v) is 19.9. The molecule has 2 N–H and O–H groups in total. The maximum atomic E-state index is 12.6. The molecule has 0 aromatic heterocycles. The third kappa shape index (κ3) is 9.31. The lowest BCUT2D eigenvalue weighted by molar-refractivity contribution is -0.117. The van der Waals surface area contributed by atoms with Crippen LogP contribution in [0.5, 0.6) is 0 Å². The van der Waals surface area contributed by atoms with E-state index in [1.807, 2.05) is 23.1 Å². The Bertz CT molecular complexity index is 628. The summed E-state index contributed by atoms with van der Waals surface area (Å²) in [5, 5.41) is 6.25. The van der Waals surface area contributed by atoms with Gasteiger partial charge in [-0.2, -0.15) is 0 Å². The van der Waals surface area contributed by atoms with Gasteiger partial charge in [-0.05, 0) is 30.9 Å². The Hall–Kier alpha value is -1.39. The number of para-hydroxylation sites is 1. The van der Waals surface area contributed by atoms with Crippen molar-refractivity contribution in [2.75, 3.05) is 58.0 Å². The molecular formula is C21H35IN4O3. The van der Waals surface area contributed by atoms with Gasteiger partial charge in [0.05, 0.1) is 26.4 Å². The Morgan fingerprint density at radius 1 is 1.14 bits per heavy atom. The highest BCUT2D eigenvalue weighted by molar-refractivity contribution is 14.0. The minimum Gasteiger partial charge on any atom is -0.379 e. The highest BCUT2D eigenvalue weighted by atomic mass is 127. The molecule has 1 aliphatic heterocycles. The molecule has 0 fully saturated rings. The molecule has 0 atom stereocenters. The van der Waals surface area contributed by atoms with Crippen LogP contribution in [0.4, 0.5) is 5.69 Å². The first-order valence-corrected chi connectivity index (χ1v) is 10.2. The second kappa shape index (κ2) is 15.4. The molecule has 0 aliphatic carbocycles. The number of hydrogen-bond donors (Lipinski definition) is 2. The summed E-state index contributed by atoms with van der Waals surface area (Å²) in [4.78, 5) is 18.7. The number of carbonyl (C=O) groups is 1. The minimum atomic E-state index is 0. The fraction of sp³-hybridized carbons (Fsp3) is 0.619. The highest BCUT2D eigenvalue weighted by Crippen LogP contribution is 2.26. The smallest absolute Gasteiger partial charge is 0.246 e. The van der Waals surface area contributed by atoms with Gasteiger partial charge in [0, 0.05) is 32.4 Å². The molecule has 7 nitrogen and oxygen atoms in total. The number of carbonyl (C=O) groups excluding carboxylic acids is 1. The van der Waals surface area contributed by atoms with E-state index in [4.69, 9.17) is 9.47 Å². The largest absolute Gasteiger partial charge is 0.379 e. The SMILES string of the molecule is CCCCOCCOCCNC(=NC)NCC(=O)N1CCCc2ccccc21.I. The summed E-state index contributed by atoms with van der Waals surface area (Å²) in [5.41, 5.74) is 2.26. The molecule has 0 unspecified atom stereocenters. The molecule has 2 rings (SSSR count). The quantitative estimate of drug-likeness (QED) is 0.204. The van der Waals surface area contributed by atoms with Crippen LogP contribution in [-0.4, -0.2) is 65.0 Å². The number of hydrogen-bond acceptors (Lipinski definition) is 4. The lowest BCUT2D eigenvalue weighted by Gasteiger charge is -2.29. The van der Waals surface area contributed by atoms with Crippen LogP contribution in [0.3, 0.4) is 0 Å². The van der Waals surface area contributed by atoms with Gasteiger partial charge in [0.2, 0.25) is 5.91 Å². The number of unbranched alkanes of at least 4 members (excludes halogenated alkanes) is 1. The molecule has 0 bridgehead atoms.